The lowest BCUT2D eigenvalue weighted by molar-refractivity contribution is -0.138. The molecule has 0 radical (unpaired) electrons. The van der Waals surface area contributed by atoms with E-state index < -0.39 is 0 Å². The van der Waals surface area contributed by atoms with E-state index >= 15 is 0 Å². The first-order chi connectivity index (χ1) is 10.8. The number of likely N-dealkylation sites (tertiary alicyclic amines) is 2. The molecule has 3 aliphatic rings. The lowest BCUT2D eigenvalue weighted by Crippen LogP contribution is -2.55. The number of piperidine rings is 1. The fourth-order valence-electron chi connectivity index (χ4n) is 4.04. The molecule has 0 aromatic rings. The van der Waals surface area contributed by atoms with E-state index in [1.54, 1.807) is 0 Å². The van der Waals surface area contributed by atoms with Crippen LogP contribution in [0.2, 0.25) is 0 Å². The molecule has 0 aromatic carbocycles. The zero-order valence-corrected chi connectivity index (χ0v) is 16.2. The van der Waals surface area contributed by atoms with Gasteiger partial charge in [0.05, 0.1) is 13.2 Å². The zero-order chi connectivity index (χ0) is 15.2. The highest BCUT2D eigenvalue weighted by atomic mass is 35.5. The van der Waals surface area contributed by atoms with Gasteiger partial charge in [-0.25, -0.2) is 0 Å². The first kappa shape index (κ1) is 22.0. The average Bonchev–Trinajstić information content (AvgIpc) is 2.84. The van der Waals surface area contributed by atoms with Crippen molar-refractivity contribution in [3.63, 3.8) is 0 Å². The number of nitrogens with one attached hydrogen (secondary N) is 1. The van der Waals surface area contributed by atoms with Crippen molar-refractivity contribution in [2.24, 2.45) is 5.92 Å². The molecule has 3 fully saturated rings. The number of morpholine rings is 1. The van der Waals surface area contributed by atoms with Crippen molar-refractivity contribution in [2.75, 3.05) is 52.5 Å². The van der Waals surface area contributed by atoms with Crippen LogP contribution in [0.15, 0.2) is 0 Å². The summed E-state index contributed by atoms with van der Waals surface area (Å²) in [5, 5.41) is 3.29. The Balaban J connectivity index is 0.00000144. The summed E-state index contributed by atoms with van der Waals surface area (Å²) in [6.07, 6.45) is 7.89. The minimum Gasteiger partial charge on any atom is -0.378 e. The van der Waals surface area contributed by atoms with Gasteiger partial charge in [0.25, 0.3) is 0 Å². The molecule has 0 saturated carbocycles. The second kappa shape index (κ2) is 11.5. The molecular formula is C17H33Cl2N3O2. The van der Waals surface area contributed by atoms with E-state index in [4.69, 9.17) is 4.74 Å². The van der Waals surface area contributed by atoms with E-state index in [0.29, 0.717) is 12.5 Å². The van der Waals surface area contributed by atoms with Crippen LogP contribution >= 0.6 is 24.8 Å². The van der Waals surface area contributed by atoms with Gasteiger partial charge in [0.2, 0.25) is 5.91 Å². The standard InChI is InChI=1S/C17H31N3O2.2ClH/c21-17(16-14-22-11-7-18-16)20-10-5-6-15(13-20)12-19-8-3-1-2-4-9-19;;/h15-16,18H,1-14H2;2*1H. The zero-order valence-electron chi connectivity index (χ0n) is 14.6. The first-order valence-corrected chi connectivity index (χ1v) is 9.15. The van der Waals surface area contributed by atoms with Crippen LogP contribution in [0.5, 0.6) is 0 Å². The third-order valence-corrected chi connectivity index (χ3v) is 5.27. The molecular weight excluding hydrogens is 349 g/mol. The third kappa shape index (κ3) is 6.34. The van der Waals surface area contributed by atoms with Gasteiger partial charge in [0, 0.05) is 26.2 Å². The van der Waals surface area contributed by atoms with Gasteiger partial charge in [-0.3, -0.25) is 4.79 Å². The molecule has 142 valence electrons. The summed E-state index contributed by atoms with van der Waals surface area (Å²) in [6, 6.07) is -0.120. The van der Waals surface area contributed by atoms with Gasteiger partial charge in [-0.15, -0.1) is 24.8 Å². The van der Waals surface area contributed by atoms with E-state index in [-0.39, 0.29) is 36.8 Å². The highest BCUT2D eigenvalue weighted by Gasteiger charge is 2.30. The first-order valence-electron chi connectivity index (χ1n) is 9.15. The van der Waals surface area contributed by atoms with Gasteiger partial charge in [0.15, 0.2) is 0 Å². The number of carbonyl (C=O) groups is 1. The van der Waals surface area contributed by atoms with Gasteiger partial charge < -0.3 is 19.9 Å². The van der Waals surface area contributed by atoms with Crippen LogP contribution in [-0.2, 0) is 9.53 Å². The third-order valence-electron chi connectivity index (χ3n) is 5.27. The predicted molar refractivity (Wildman–Crippen MR) is 101 cm³/mol. The van der Waals surface area contributed by atoms with Crippen LogP contribution in [0.3, 0.4) is 0 Å². The van der Waals surface area contributed by atoms with E-state index in [1.807, 2.05) is 0 Å². The van der Waals surface area contributed by atoms with Crippen molar-refractivity contribution < 1.29 is 9.53 Å². The second-order valence-corrected chi connectivity index (χ2v) is 7.09. The number of rotatable bonds is 3. The fourth-order valence-corrected chi connectivity index (χ4v) is 4.04. The smallest absolute Gasteiger partial charge is 0.242 e. The Hall–Kier alpha value is -0.0700. The summed E-state index contributed by atoms with van der Waals surface area (Å²) >= 11 is 0. The molecule has 3 rings (SSSR count). The summed E-state index contributed by atoms with van der Waals surface area (Å²) in [5.41, 5.74) is 0. The summed E-state index contributed by atoms with van der Waals surface area (Å²) in [4.78, 5) is 17.3. The van der Waals surface area contributed by atoms with Crippen LogP contribution in [0, 0.1) is 5.92 Å². The van der Waals surface area contributed by atoms with Crippen molar-refractivity contribution >= 4 is 30.7 Å². The lowest BCUT2D eigenvalue weighted by Gasteiger charge is -2.37. The van der Waals surface area contributed by atoms with E-state index in [1.165, 1.54) is 51.7 Å². The number of amides is 1. The van der Waals surface area contributed by atoms with Crippen LogP contribution in [0.25, 0.3) is 0 Å². The molecule has 0 bridgehead atoms. The van der Waals surface area contributed by atoms with Crippen molar-refractivity contribution in [3.8, 4) is 0 Å². The Morgan fingerprint density at radius 2 is 1.79 bits per heavy atom. The van der Waals surface area contributed by atoms with Gasteiger partial charge in [0.1, 0.15) is 6.04 Å². The highest BCUT2D eigenvalue weighted by Crippen LogP contribution is 2.20. The number of hydrogen-bond donors (Lipinski definition) is 1. The molecule has 5 nitrogen and oxygen atoms in total. The maximum Gasteiger partial charge on any atom is 0.242 e. The van der Waals surface area contributed by atoms with Gasteiger partial charge >= 0.3 is 0 Å². The molecule has 3 aliphatic heterocycles. The quantitative estimate of drug-likeness (QED) is 0.810. The molecule has 3 saturated heterocycles. The maximum absolute atomic E-state index is 12.6. The Labute approximate surface area is 158 Å². The van der Waals surface area contributed by atoms with Crippen molar-refractivity contribution in [1.29, 1.82) is 0 Å². The van der Waals surface area contributed by atoms with Gasteiger partial charge in [-0.2, -0.15) is 0 Å². The Bertz CT molecular complexity index is 360. The number of halogens is 2. The van der Waals surface area contributed by atoms with E-state index in [2.05, 4.69) is 15.1 Å². The lowest BCUT2D eigenvalue weighted by atomic mass is 9.96. The topological polar surface area (TPSA) is 44.8 Å². The summed E-state index contributed by atoms with van der Waals surface area (Å²) < 4.78 is 5.44. The molecule has 0 aliphatic carbocycles. The van der Waals surface area contributed by atoms with Crippen LogP contribution in [-0.4, -0.2) is 74.2 Å². The monoisotopic (exact) mass is 381 g/mol. The molecule has 0 aromatic heterocycles. The average molecular weight is 382 g/mol. The van der Waals surface area contributed by atoms with Gasteiger partial charge in [-0.1, -0.05) is 12.8 Å². The summed E-state index contributed by atoms with van der Waals surface area (Å²) in [7, 11) is 0. The fraction of sp³-hybridized carbons (Fsp3) is 0.941. The highest BCUT2D eigenvalue weighted by molar-refractivity contribution is 5.85. The number of nitrogens with zero attached hydrogens (tertiary/aromatic N) is 2. The number of carbonyl (C=O) groups excluding carboxylic acids is 1. The molecule has 24 heavy (non-hydrogen) atoms. The number of hydrogen-bond acceptors (Lipinski definition) is 4. The Kier molecular flexibility index (Phi) is 10.6. The van der Waals surface area contributed by atoms with E-state index in [0.717, 1.165) is 32.7 Å². The van der Waals surface area contributed by atoms with Gasteiger partial charge in [-0.05, 0) is 44.7 Å². The molecule has 2 unspecified atom stereocenters. The van der Waals surface area contributed by atoms with Crippen molar-refractivity contribution in [1.82, 2.24) is 15.1 Å². The van der Waals surface area contributed by atoms with Crippen LogP contribution < -0.4 is 5.32 Å². The number of ether oxygens (including phenoxy) is 1. The molecule has 2 atom stereocenters. The second-order valence-electron chi connectivity index (χ2n) is 7.09. The minimum absolute atomic E-state index is 0. The predicted octanol–water partition coefficient (Wildman–Crippen LogP) is 1.93. The molecule has 7 heteroatoms. The van der Waals surface area contributed by atoms with Crippen LogP contribution in [0.4, 0.5) is 0 Å². The minimum atomic E-state index is -0.120. The largest absolute Gasteiger partial charge is 0.378 e. The Morgan fingerprint density at radius 1 is 1.04 bits per heavy atom. The SMILES string of the molecule is Cl.Cl.O=C(C1COCCN1)N1CCCC(CN2CCCCCC2)C1. The molecule has 0 spiro atoms. The van der Waals surface area contributed by atoms with Crippen LogP contribution in [0.1, 0.15) is 38.5 Å². The maximum atomic E-state index is 12.6. The summed E-state index contributed by atoms with van der Waals surface area (Å²) in [5.74, 6) is 0.903. The van der Waals surface area contributed by atoms with E-state index in [9.17, 15) is 4.79 Å². The molecule has 1 N–H and O–H groups in total. The summed E-state index contributed by atoms with van der Waals surface area (Å²) in [6.45, 7) is 7.60. The Morgan fingerprint density at radius 3 is 2.46 bits per heavy atom. The van der Waals surface area contributed by atoms with Crippen molar-refractivity contribution in [2.45, 2.75) is 44.6 Å². The normalized spacial score (nSPS) is 29.1. The molecule has 1 amide bonds. The van der Waals surface area contributed by atoms with Crippen molar-refractivity contribution in [3.05, 3.63) is 0 Å². The molecule has 3 heterocycles.